The van der Waals surface area contributed by atoms with Crippen molar-refractivity contribution < 1.29 is 4.79 Å². The van der Waals surface area contributed by atoms with Crippen LogP contribution in [0.2, 0.25) is 0 Å². The van der Waals surface area contributed by atoms with Gasteiger partial charge in [0.25, 0.3) is 5.91 Å². The zero-order valence-corrected chi connectivity index (χ0v) is 13.6. The summed E-state index contributed by atoms with van der Waals surface area (Å²) in [5.41, 5.74) is 4.03. The molecule has 5 heteroatoms. The van der Waals surface area contributed by atoms with Gasteiger partial charge in [-0.15, -0.1) is 0 Å². The maximum Gasteiger partial charge on any atom is 0.274 e. The van der Waals surface area contributed by atoms with Crippen molar-refractivity contribution in [1.82, 2.24) is 14.6 Å². The van der Waals surface area contributed by atoms with Crippen LogP contribution in [0, 0.1) is 0 Å². The van der Waals surface area contributed by atoms with Crippen LogP contribution in [0.1, 0.15) is 48.4 Å². The lowest BCUT2D eigenvalue weighted by molar-refractivity contribution is 0.102. The molecule has 1 N–H and O–H groups in total. The highest BCUT2D eigenvalue weighted by Crippen LogP contribution is 2.18. The molecule has 0 atom stereocenters. The van der Waals surface area contributed by atoms with Gasteiger partial charge in [-0.1, -0.05) is 32.9 Å². The van der Waals surface area contributed by atoms with Gasteiger partial charge in [0, 0.05) is 17.4 Å². The number of hydrogen-bond acceptors (Lipinski definition) is 3. The topological polar surface area (TPSA) is 59.3 Å². The standard InChI is InChI=1S/C18H20N4O/c1-4-13-6-5-7-14(10-13)20-18(23)15-11-16(12(2)3)22-17(21-15)8-9-19-22/h5-12H,4H2,1-3H3,(H,20,23). The number of hydrogen-bond donors (Lipinski definition) is 1. The van der Waals surface area contributed by atoms with E-state index in [-0.39, 0.29) is 11.8 Å². The van der Waals surface area contributed by atoms with Gasteiger partial charge in [0.05, 0.1) is 6.20 Å². The van der Waals surface area contributed by atoms with E-state index >= 15 is 0 Å². The Balaban J connectivity index is 1.94. The zero-order chi connectivity index (χ0) is 16.4. The minimum absolute atomic E-state index is 0.205. The number of benzene rings is 1. The number of carbonyl (C=O) groups is 1. The van der Waals surface area contributed by atoms with Crippen molar-refractivity contribution in [3.63, 3.8) is 0 Å². The van der Waals surface area contributed by atoms with E-state index in [1.54, 1.807) is 16.8 Å². The van der Waals surface area contributed by atoms with E-state index in [1.165, 1.54) is 5.56 Å². The van der Waals surface area contributed by atoms with Gasteiger partial charge in [-0.05, 0) is 36.1 Å². The summed E-state index contributed by atoms with van der Waals surface area (Å²) in [5.74, 6) is 0.0409. The second kappa shape index (κ2) is 6.20. The fourth-order valence-electron chi connectivity index (χ4n) is 2.53. The Bertz CT molecular complexity index is 851. The molecule has 2 heterocycles. The smallest absolute Gasteiger partial charge is 0.274 e. The number of fused-ring (bicyclic) bond motifs is 1. The van der Waals surface area contributed by atoms with Crippen molar-refractivity contribution in [2.24, 2.45) is 0 Å². The van der Waals surface area contributed by atoms with E-state index in [0.29, 0.717) is 11.3 Å². The monoisotopic (exact) mass is 308 g/mol. The summed E-state index contributed by atoms with van der Waals surface area (Å²) in [4.78, 5) is 17.0. The fraction of sp³-hybridized carbons (Fsp3) is 0.278. The number of aryl methyl sites for hydroxylation is 1. The highest BCUT2D eigenvalue weighted by molar-refractivity contribution is 6.03. The van der Waals surface area contributed by atoms with Gasteiger partial charge >= 0.3 is 0 Å². The molecule has 0 spiro atoms. The third kappa shape index (κ3) is 3.08. The van der Waals surface area contributed by atoms with Crippen molar-refractivity contribution in [2.45, 2.75) is 33.1 Å². The summed E-state index contributed by atoms with van der Waals surface area (Å²) in [6.45, 7) is 6.23. The lowest BCUT2D eigenvalue weighted by Crippen LogP contribution is -2.16. The van der Waals surface area contributed by atoms with Crippen LogP contribution in [-0.2, 0) is 6.42 Å². The second-order valence-electron chi connectivity index (χ2n) is 5.83. The Labute approximate surface area is 135 Å². The average molecular weight is 308 g/mol. The third-order valence-electron chi connectivity index (χ3n) is 3.80. The zero-order valence-electron chi connectivity index (χ0n) is 13.6. The molecular formula is C18H20N4O. The molecule has 5 nitrogen and oxygen atoms in total. The Kier molecular flexibility index (Phi) is 4.10. The summed E-state index contributed by atoms with van der Waals surface area (Å²) in [5, 5.41) is 7.19. The number of nitrogens with zero attached hydrogens (tertiary/aromatic N) is 3. The van der Waals surface area contributed by atoms with Crippen LogP contribution in [0.4, 0.5) is 5.69 Å². The number of anilines is 1. The normalized spacial score (nSPS) is 11.1. The molecule has 1 amide bonds. The first-order chi connectivity index (χ1) is 11.1. The molecule has 3 aromatic rings. The van der Waals surface area contributed by atoms with E-state index < -0.39 is 0 Å². The maximum atomic E-state index is 12.6. The Morgan fingerprint density at radius 3 is 2.83 bits per heavy atom. The number of nitrogens with one attached hydrogen (secondary N) is 1. The highest BCUT2D eigenvalue weighted by Gasteiger charge is 2.15. The van der Waals surface area contributed by atoms with Crippen molar-refractivity contribution in [3.8, 4) is 0 Å². The molecule has 23 heavy (non-hydrogen) atoms. The SMILES string of the molecule is CCc1cccc(NC(=O)c2cc(C(C)C)n3nccc3n2)c1. The van der Waals surface area contributed by atoms with E-state index in [1.807, 2.05) is 30.3 Å². The first kappa shape index (κ1) is 15.2. The Morgan fingerprint density at radius 2 is 2.09 bits per heavy atom. The summed E-state index contributed by atoms with van der Waals surface area (Å²) in [6, 6.07) is 11.5. The molecule has 118 valence electrons. The number of carbonyl (C=O) groups excluding carboxylic acids is 1. The summed E-state index contributed by atoms with van der Waals surface area (Å²) in [7, 11) is 0. The molecular weight excluding hydrogens is 288 g/mol. The average Bonchev–Trinajstić information content (AvgIpc) is 3.02. The molecule has 0 aliphatic carbocycles. The Morgan fingerprint density at radius 1 is 1.26 bits per heavy atom. The summed E-state index contributed by atoms with van der Waals surface area (Å²) < 4.78 is 1.78. The molecule has 2 aromatic heterocycles. The molecule has 0 bridgehead atoms. The molecule has 1 aromatic carbocycles. The van der Waals surface area contributed by atoms with E-state index in [2.05, 4.69) is 36.2 Å². The molecule has 0 unspecified atom stereocenters. The van der Waals surface area contributed by atoms with E-state index in [9.17, 15) is 4.79 Å². The number of aromatic nitrogens is 3. The van der Waals surface area contributed by atoms with E-state index in [4.69, 9.17) is 0 Å². The largest absolute Gasteiger partial charge is 0.321 e. The molecule has 0 saturated heterocycles. The van der Waals surface area contributed by atoms with E-state index in [0.717, 1.165) is 17.8 Å². The van der Waals surface area contributed by atoms with Crippen molar-refractivity contribution in [3.05, 3.63) is 59.5 Å². The third-order valence-corrected chi connectivity index (χ3v) is 3.80. The predicted octanol–water partition coefficient (Wildman–Crippen LogP) is 3.67. The molecule has 3 rings (SSSR count). The van der Waals surface area contributed by atoms with Crippen LogP contribution in [0.5, 0.6) is 0 Å². The van der Waals surface area contributed by atoms with Gasteiger partial charge in [-0.3, -0.25) is 4.79 Å². The molecule has 0 saturated carbocycles. The second-order valence-corrected chi connectivity index (χ2v) is 5.83. The minimum Gasteiger partial charge on any atom is -0.321 e. The quantitative estimate of drug-likeness (QED) is 0.800. The molecule has 0 radical (unpaired) electrons. The van der Waals surface area contributed by atoms with Gasteiger partial charge in [-0.25, -0.2) is 9.50 Å². The highest BCUT2D eigenvalue weighted by atomic mass is 16.1. The lowest BCUT2D eigenvalue weighted by atomic mass is 10.1. The van der Waals surface area contributed by atoms with Gasteiger partial charge in [0.15, 0.2) is 5.65 Å². The van der Waals surface area contributed by atoms with Crippen molar-refractivity contribution >= 4 is 17.2 Å². The minimum atomic E-state index is -0.205. The number of rotatable bonds is 4. The van der Waals surface area contributed by atoms with Gasteiger partial charge < -0.3 is 5.32 Å². The van der Waals surface area contributed by atoms with Crippen LogP contribution < -0.4 is 5.32 Å². The summed E-state index contributed by atoms with van der Waals surface area (Å²) in [6.07, 6.45) is 2.63. The van der Waals surface area contributed by atoms with Crippen LogP contribution in [0.15, 0.2) is 42.6 Å². The predicted molar refractivity (Wildman–Crippen MR) is 90.8 cm³/mol. The molecule has 0 fully saturated rings. The first-order valence-electron chi connectivity index (χ1n) is 7.83. The number of amides is 1. The van der Waals surface area contributed by atoms with Gasteiger partial charge in [-0.2, -0.15) is 5.10 Å². The van der Waals surface area contributed by atoms with Crippen LogP contribution in [0.3, 0.4) is 0 Å². The molecule has 0 aliphatic heterocycles. The lowest BCUT2D eigenvalue weighted by Gasteiger charge is -2.11. The summed E-state index contributed by atoms with van der Waals surface area (Å²) >= 11 is 0. The van der Waals surface area contributed by atoms with Gasteiger partial charge in [0.1, 0.15) is 5.69 Å². The van der Waals surface area contributed by atoms with Crippen molar-refractivity contribution in [1.29, 1.82) is 0 Å². The van der Waals surface area contributed by atoms with Crippen LogP contribution in [0.25, 0.3) is 5.65 Å². The van der Waals surface area contributed by atoms with Crippen LogP contribution in [-0.4, -0.2) is 20.5 Å². The molecule has 0 aliphatic rings. The first-order valence-corrected chi connectivity index (χ1v) is 7.83. The van der Waals surface area contributed by atoms with Gasteiger partial charge in [0.2, 0.25) is 0 Å². The van der Waals surface area contributed by atoms with Crippen molar-refractivity contribution in [2.75, 3.05) is 5.32 Å². The Hall–Kier alpha value is -2.69. The van der Waals surface area contributed by atoms with Crippen LogP contribution >= 0.6 is 0 Å². The maximum absolute atomic E-state index is 12.6. The fourth-order valence-corrected chi connectivity index (χ4v) is 2.53.